The molecular weight excluding hydrogens is 311 g/mol. The number of benzene rings is 1. The molecule has 0 atom stereocenters. The summed E-state index contributed by atoms with van der Waals surface area (Å²) in [6.45, 7) is 2.35. The number of nitrogens with zero attached hydrogens (tertiary/aromatic N) is 1. The van der Waals surface area contributed by atoms with Gasteiger partial charge in [0.2, 0.25) is 5.91 Å². The quantitative estimate of drug-likeness (QED) is 0.795. The Hall–Kier alpha value is -0.970. The third kappa shape index (κ3) is 6.55. The van der Waals surface area contributed by atoms with E-state index in [0.29, 0.717) is 30.5 Å². The lowest BCUT2D eigenvalue weighted by Gasteiger charge is -2.18. The predicted molar refractivity (Wildman–Crippen MR) is 87.4 cm³/mol. The Kier molecular flexibility index (Phi) is 7.86. The summed E-state index contributed by atoms with van der Waals surface area (Å²) in [6.07, 6.45) is 2.59. The van der Waals surface area contributed by atoms with Crippen LogP contribution >= 0.6 is 24.0 Å². The summed E-state index contributed by atoms with van der Waals surface area (Å²) in [5, 5.41) is 3.78. The zero-order chi connectivity index (χ0) is 14.4. The van der Waals surface area contributed by atoms with Crippen molar-refractivity contribution >= 4 is 29.9 Å². The fourth-order valence-electron chi connectivity index (χ4n) is 1.82. The molecule has 1 aliphatic rings. The van der Waals surface area contributed by atoms with Crippen molar-refractivity contribution in [1.29, 1.82) is 0 Å². The number of halogens is 2. The van der Waals surface area contributed by atoms with E-state index >= 15 is 0 Å². The van der Waals surface area contributed by atoms with Crippen molar-refractivity contribution in [2.75, 3.05) is 33.3 Å². The fourth-order valence-corrected chi connectivity index (χ4v) is 2.01. The number of hydrogen-bond acceptors (Lipinski definition) is 3. The zero-order valence-electron chi connectivity index (χ0n) is 12.2. The second-order valence-corrected chi connectivity index (χ2v) is 5.58. The molecule has 4 nitrogen and oxygen atoms in total. The van der Waals surface area contributed by atoms with Crippen molar-refractivity contribution in [2.24, 2.45) is 5.92 Å². The first-order chi connectivity index (χ1) is 9.66. The second-order valence-electron chi connectivity index (χ2n) is 5.17. The normalized spacial score (nSPS) is 13.4. The minimum Gasteiger partial charge on any atom is -0.490 e. The number of rotatable bonds is 8. The van der Waals surface area contributed by atoms with E-state index in [4.69, 9.17) is 16.3 Å². The molecule has 0 aliphatic heterocycles. The highest BCUT2D eigenvalue weighted by atomic mass is 35.5. The van der Waals surface area contributed by atoms with Crippen molar-refractivity contribution < 1.29 is 9.53 Å². The predicted octanol–water partition coefficient (Wildman–Crippen LogP) is 2.60. The van der Waals surface area contributed by atoms with E-state index < -0.39 is 0 Å². The Morgan fingerprint density at radius 2 is 2.14 bits per heavy atom. The van der Waals surface area contributed by atoms with Gasteiger partial charge in [-0.3, -0.25) is 4.79 Å². The van der Waals surface area contributed by atoms with Crippen LogP contribution in [0.4, 0.5) is 0 Å². The molecule has 21 heavy (non-hydrogen) atoms. The fraction of sp³-hybridized carbons (Fsp3) is 0.533. The van der Waals surface area contributed by atoms with Crippen molar-refractivity contribution in [3.63, 3.8) is 0 Å². The van der Waals surface area contributed by atoms with Crippen LogP contribution in [0, 0.1) is 5.92 Å². The smallest absolute Gasteiger partial charge is 0.236 e. The minimum absolute atomic E-state index is 0. The van der Waals surface area contributed by atoms with E-state index in [0.717, 1.165) is 12.5 Å². The first-order valence-corrected chi connectivity index (χ1v) is 7.36. The highest BCUT2D eigenvalue weighted by Gasteiger charge is 2.20. The van der Waals surface area contributed by atoms with Crippen molar-refractivity contribution in [3.8, 4) is 5.75 Å². The number of carbonyl (C=O) groups excluding carboxylic acids is 1. The van der Waals surface area contributed by atoms with Gasteiger partial charge in [0.05, 0.1) is 18.1 Å². The van der Waals surface area contributed by atoms with E-state index in [9.17, 15) is 4.79 Å². The van der Waals surface area contributed by atoms with Gasteiger partial charge in [-0.1, -0.05) is 23.7 Å². The Balaban J connectivity index is 0.00000220. The summed E-state index contributed by atoms with van der Waals surface area (Å²) in [5.74, 6) is 1.53. The molecule has 6 heteroatoms. The molecule has 1 saturated carbocycles. The SMILES string of the molecule is CN(CCOc1ccccc1Cl)C(=O)CNCC1CC1.Cl. The van der Waals surface area contributed by atoms with Gasteiger partial charge in [-0.25, -0.2) is 0 Å². The van der Waals surface area contributed by atoms with Crippen LogP contribution in [-0.4, -0.2) is 44.1 Å². The Bertz CT molecular complexity index is 453. The van der Waals surface area contributed by atoms with Crippen molar-refractivity contribution in [2.45, 2.75) is 12.8 Å². The maximum absolute atomic E-state index is 11.8. The van der Waals surface area contributed by atoms with E-state index in [1.54, 1.807) is 18.0 Å². The van der Waals surface area contributed by atoms with Gasteiger partial charge in [-0.15, -0.1) is 12.4 Å². The van der Waals surface area contributed by atoms with E-state index in [2.05, 4.69) is 5.32 Å². The monoisotopic (exact) mass is 332 g/mol. The molecule has 1 N–H and O–H groups in total. The molecule has 0 bridgehead atoms. The van der Waals surface area contributed by atoms with Crippen LogP contribution in [-0.2, 0) is 4.79 Å². The summed E-state index contributed by atoms with van der Waals surface area (Å²) >= 11 is 5.99. The Morgan fingerprint density at radius 1 is 1.43 bits per heavy atom. The maximum Gasteiger partial charge on any atom is 0.236 e. The Morgan fingerprint density at radius 3 is 2.81 bits per heavy atom. The summed E-state index contributed by atoms with van der Waals surface area (Å²) in [6, 6.07) is 7.34. The van der Waals surface area contributed by atoms with Gasteiger partial charge in [0.25, 0.3) is 0 Å². The number of hydrogen-bond donors (Lipinski definition) is 1. The molecule has 0 radical (unpaired) electrons. The zero-order valence-corrected chi connectivity index (χ0v) is 13.8. The molecule has 1 fully saturated rings. The lowest BCUT2D eigenvalue weighted by atomic mass is 10.3. The number of likely N-dealkylation sites (N-methyl/N-ethyl adjacent to an activating group) is 1. The van der Waals surface area contributed by atoms with Crippen molar-refractivity contribution in [3.05, 3.63) is 29.3 Å². The van der Waals surface area contributed by atoms with Crippen LogP contribution in [0.25, 0.3) is 0 Å². The highest BCUT2D eigenvalue weighted by molar-refractivity contribution is 6.32. The summed E-state index contributed by atoms with van der Waals surface area (Å²) in [4.78, 5) is 13.5. The van der Waals surface area contributed by atoms with Gasteiger partial charge >= 0.3 is 0 Å². The lowest BCUT2D eigenvalue weighted by molar-refractivity contribution is -0.129. The lowest BCUT2D eigenvalue weighted by Crippen LogP contribution is -2.38. The van der Waals surface area contributed by atoms with Gasteiger partial charge in [-0.05, 0) is 37.4 Å². The van der Waals surface area contributed by atoms with Crippen LogP contribution < -0.4 is 10.1 Å². The first kappa shape index (κ1) is 18.1. The standard InChI is InChI=1S/C15H21ClN2O2.ClH/c1-18(15(19)11-17-10-12-6-7-12)8-9-20-14-5-3-2-4-13(14)16;/h2-5,12,17H,6-11H2,1H3;1H. The van der Waals surface area contributed by atoms with Crippen LogP contribution in [0.15, 0.2) is 24.3 Å². The van der Waals surface area contributed by atoms with Crippen molar-refractivity contribution in [1.82, 2.24) is 10.2 Å². The maximum atomic E-state index is 11.8. The van der Waals surface area contributed by atoms with Gasteiger partial charge < -0.3 is 15.0 Å². The Labute approximate surface area is 137 Å². The number of amides is 1. The van der Waals surface area contributed by atoms with Crippen LogP contribution in [0.5, 0.6) is 5.75 Å². The number of para-hydroxylation sites is 1. The van der Waals surface area contributed by atoms with E-state index in [1.807, 2.05) is 18.2 Å². The van der Waals surface area contributed by atoms with Gasteiger partial charge in [0, 0.05) is 7.05 Å². The molecule has 2 rings (SSSR count). The molecule has 0 saturated heterocycles. The molecule has 1 aliphatic carbocycles. The molecule has 1 aromatic carbocycles. The van der Waals surface area contributed by atoms with E-state index in [-0.39, 0.29) is 18.3 Å². The van der Waals surface area contributed by atoms with Gasteiger partial charge in [0.1, 0.15) is 12.4 Å². The highest BCUT2D eigenvalue weighted by Crippen LogP contribution is 2.27. The molecule has 1 amide bonds. The van der Waals surface area contributed by atoms with Gasteiger partial charge in [-0.2, -0.15) is 0 Å². The molecule has 0 unspecified atom stereocenters. The molecule has 1 aromatic rings. The molecule has 0 heterocycles. The molecule has 0 spiro atoms. The minimum atomic E-state index is 0. The molecular formula is C15H22Cl2N2O2. The molecule has 118 valence electrons. The number of carbonyl (C=O) groups is 1. The first-order valence-electron chi connectivity index (χ1n) is 6.99. The third-order valence-corrected chi connectivity index (χ3v) is 3.67. The summed E-state index contributed by atoms with van der Waals surface area (Å²) in [7, 11) is 1.79. The number of ether oxygens (including phenoxy) is 1. The third-order valence-electron chi connectivity index (χ3n) is 3.35. The number of nitrogens with one attached hydrogen (secondary N) is 1. The summed E-state index contributed by atoms with van der Waals surface area (Å²) < 4.78 is 5.56. The van der Waals surface area contributed by atoms with Crippen LogP contribution in [0.2, 0.25) is 5.02 Å². The molecule has 0 aromatic heterocycles. The average molecular weight is 333 g/mol. The average Bonchev–Trinajstić information content (AvgIpc) is 3.25. The van der Waals surface area contributed by atoms with E-state index in [1.165, 1.54) is 12.8 Å². The topological polar surface area (TPSA) is 41.6 Å². The van der Waals surface area contributed by atoms with Crippen LogP contribution in [0.1, 0.15) is 12.8 Å². The summed E-state index contributed by atoms with van der Waals surface area (Å²) in [5.41, 5.74) is 0. The van der Waals surface area contributed by atoms with Crippen LogP contribution in [0.3, 0.4) is 0 Å². The second kappa shape index (κ2) is 9.13. The largest absolute Gasteiger partial charge is 0.490 e. The van der Waals surface area contributed by atoms with Gasteiger partial charge in [0.15, 0.2) is 0 Å².